The van der Waals surface area contributed by atoms with Gasteiger partial charge in [0.25, 0.3) is 0 Å². The van der Waals surface area contributed by atoms with Gasteiger partial charge in [0.05, 0.1) is 18.5 Å². The third-order valence-corrected chi connectivity index (χ3v) is 4.63. The zero-order valence-electron chi connectivity index (χ0n) is 10.0. The van der Waals surface area contributed by atoms with Crippen molar-refractivity contribution in [3.05, 3.63) is 11.1 Å². The van der Waals surface area contributed by atoms with Gasteiger partial charge in [-0.1, -0.05) is 11.8 Å². The fourth-order valence-electron chi connectivity index (χ4n) is 1.66. The SMILES string of the molecule is Cc1csc(SCC(=O)N2CCO[C@H](C)C2)n1. The summed E-state index contributed by atoms with van der Waals surface area (Å²) in [6.07, 6.45) is 0.153. The van der Waals surface area contributed by atoms with Crippen LogP contribution in [0.15, 0.2) is 9.72 Å². The van der Waals surface area contributed by atoms with Gasteiger partial charge in [-0.2, -0.15) is 0 Å². The second-order valence-electron chi connectivity index (χ2n) is 4.06. The van der Waals surface area contributed by atoms with Crippen LogP contribution in [-0.2, 0) is 9.53 Å². The molecule has 1 aromatic rings. The average molecular weight is 272 g/mol. The average Bonchev–Trinajstić information content (AvgIpc) is 2.72. The number of aryl methyl sites for hydroxylation is 1. The minimum absolute atomic E-state index is 0.153. The molecule has 0 saturated carbocycles. The number of carbonyl (C=O) groups excluding carboxylic acids is 1. The number of ether oxygens (including phenoxy) is 1. The molecule has 1 atom stereocenters. The summed E-state index contributed by atoms with van der Waals surface area (Å²) in [6, 6.07) is 0. The van der Waals surface area contributed by atoms with E-state index in [4.69, 9.17) is 4.74 Å². The van der Waals surface area contributed by atoms with E-state index in [1.807, 2.05) is 24.1 Å². The van der Waals surface area contributed by atoms with Gasteiger partial charge in [0.1, 0.15) is 0 Å². The predicted molar refractivity (Wildman–Crippen MR) is 69.6 cm³/mol. The van der Waals surface area contributed by atoms with Crippen molar-refractivity contribution in [1.29, 1.82) is 0 Å². The Bertz CT molecular complexity index is 395. The van der Waals surface area contributed by atoms with Crippen LogP contribution >= 0.6 is 23.1 Å². The highest BCUT2D eigenvalue weighted by molar-refractivity contribution is 8.01. The molecule has 0 bridgehead atoms. The van der Waals surface area contributed by atoms with Gasteiger partial charge in [0.15, 0.2) is 4.34 Å². The van der Waals surface area contributed by atoms with Crippen LogP contribution in [0, 0.1) is 6.92 Å². The number of thioether (sulfide) groups is 1. The maximum absolute atomic E-state index is 12.0. The van der Waals surface area contributed by atoms with Crippen molar-refractivity contribution in [3.8, 4) is 0 Å². The Morgan fingerprint density at radius 3 is 3.24 bits per heavy atom. The molecule has 0 unspecified atom stereocenters. The summed E-state index contributed by atoms with van der Waals surface area (Å²) < 4.78 is 6.38. The summed E-state index contributed by atoms with van der Waals surface area (Å²) in [5, 5.41) is 2.00. The highest BCUT2D eigenvalue weighted by atomic mass is 32.2. The Labute approximate surface area is 109 Å². The summed E-state index contributed by atoms with van der Waals surface area (Å²) in [4.78, 5) is 18.2. The van der Waals surface area contributed by atoms with E-state index in [2.05, 4.69) is 4.98 Å². The second kappa shape index (κ2) is 5.84. The zero-order valence-corrected chi connectivity index (χ0v) is 11.6. The van der Waals surface area contributed by atoms with Crippen LogP contribution in [-0.4, -0.2) is 47.3 Å². The van der Waals surface area contributed by atoms with E-state index in [9.17, 15) is 4.79 Å². The molecular weight excluding hydrogens is 256 g/mol. The number of hydrogen-bond acceptors (Lipinski definition) is 5. The monoisotopic (exact) mass is 272 g/mol. The van der Waals surface area contributed by atoms with Crippen molar-refractivity contribution < 1.29 is 9.53 Å². The largest absolute Gasteiger partial charge is 0.375 e. The maximum Gasteiger partial charge on any atom is 0.233 e. The van der Waals surface area contributed by atoms with Crippen molar-refractivity contribution in [3.63, 3.8) is 0 Å². The van der Waals surface area contributed by atoms with Crippen molar-refractivity contribution in [2.45, 2.75) is 24.3 Å². The van der Waals surface area contributed by atoms with Gasteiger partial charge in [-0.3, -0.25) is 4.79 Å². The lowest BCUT2D eigenvalue weighted by molar-refractivity contribution is -0.135. The first-order valence-electron chi connectivity index (χ1n) is 5.59. The Morgan fingerprint density at radius 2 is 2.59 bits per heavy atom. The number of nitrogens with zero attached hydrogens (tertiary/aromatic N) is 2. The number of morpholine rings is 1. The van der Waals surface area contributed by atoms with E-state index in [1.165, 1.54) is 11.8 Å². The van der Waals surface area contributed by atoms with Gasteiger partial charge < -0.3 is 9.64 Å². The number of rotatable bonds is 3. The maximum atomic E-state index is 12.0. The Balaban J connectivity index is 1.80. The van der Waals surface area contributed by atoms with Crippen molar-refractivity contribution in [2.24, 2.45) is 0 Å². The lowest BCUT2D eigenvalue weighted by Gasteiger charge is -2.31. The Hall–Kier alpha value is -0.590. The number of amides is 1. The highest BCUT2D eigenvalue weighted by Crippen LogP contribution is 2.22. The molecule has 0 N–H and O–H groups in total. The molecule has 1 aromatic heterocycles. The molecule has 0 aromatic carbocycles. The normalized spacial score (nSPS) is 20.6. The molecule has 17 heavy (non-hydrogen) atoms. The molecule has 4 nitrogen and oxygen atoms in total. The van der Waals surface area contributed by atoms with E-state index in [0.717, 1.165) is 10.0 Å². The highest BCUT2D eigenvalue weighted by Gasteiger charge is 2.21. The summed E-state index contributed by atoms with van der Waals surface area (Å²) >= 11 is 3.11. The summed E-state index contributed by atoms with van der Waals surface area (Å²) in [7, 11) is 0. The third kappa shape index (κ3) is 3.69. The summed E-state index contributed by atoms with van der Waals surface area (Å²) in [5.74, 6) is 0.651. The van der Waals surface area contributed by atoms with E-state index < -0.39 is 0 Å². The first-order valence-corrected chi connectivity index (χ1v) is 7.46. The Morgan fingerprint density at radius 1 is 1.76 bits per heavy atom. The van der Waals surface area contributed by atoms with Gasteiger partial charge >= 0.3 is 0 Å². The van der Waals surface area contributed by atoms with Gasteiger partial charge in [-0.05, 0) is 13.8 Å². The standard InChI is InChI=1S/C11H16N2O2S2/c1-8-6-16-11(12-8)17-7-10(14)13-3-4-15-9(2)5-13/h6,9H,3-5,7H2,1-2H3/t9-/m1/s1. The summed E-state index contributed by atoms with van der Waals surface area (Å²) in [6.45, 7) is 6.02. The van der Waals surface area contributed by atoms with Gasteiger partial charge in [-0.25, -0.2) is 4.98 Å². The van der Waals surface area contributed by atoms with Crippen LogP contribution in [0.25, 0.3) is 0 Å². The van der Waals surface area contributed by atoms with Gasteiger partial charge in [0.2, 0.25) is 5.91 Å². The molecular formula is C11H16N2O2S2. The molecule has 1 aliphatic heterocycles. The third-order valence-electron chi connectivity index (χ3n) is 2.51. The van der Waals surface area contributed by atoms with E-state index >= 15 is 0 Å². The minimum Gasteiger partial charge on any atom is -0.375 e. The van der Waals surface area contributed by atoms with Gasteiger partial charge in [0, 0.05) is 24.2 Å². The van der Waals surface area contributed by atoms with Gasteiger partial charge in [-0.15, -0.1) is 11.3 Å². The van der Waals surface area contributed by atoms with Crippen molar-refractivity contribution in [2.75, 3.05) is 25.4 Å². The van der Waals surface area contributed by atoms with E-state index in [0.29, 0.717) is 25.4 Å². The zero-order chi connectivity index (χ0) is 12.3. The number of aromatic nitrogens is 1. The first-order chi connectivity index (χ1) is 8.15. The predicted octanol–water partition coefficient (Wildman–Crippen LogP) is 1.79. The Kier molecular flexibility index (Phi) is 4.42. The number of carbonyl (C=O) groups is 1. The molecule has 1 saturated heterocycles. The molecule has 1 aliphatic rings. The van der Waals surface area contributed by atoms with Crippen LogP contribution in [0.2, 0.25) is 0 Å². The molecule has 2 heterocycles. The van der Waals surface area contributed by atoms with Crippen molar-refractivity contribution >= 4 is 29.0 Å². The van der Waals surface area contributed by atoms with Crippen LogP contribution in [0.1, 0.15) is 12.6 Å². The molecule has 0 radical (unpaired) electrons. The topological polar surface area (TPSA) is 42.4 Å². The molecule has 1 amide bonds. The number of thiazole rings is 1. The molecule has 1 fully saturated rings. The fraction of sp³-hybridized carbons (Fsp3) is 0.636. The van der Waals surface area contributed by atoms with Crippen LogP contribution in [0.5, 0.6) is 0 Å². The smallest absolute Gasteiger partial charge is 0.233 e. The van der Waals surface area contributed by atoms with Crippen LogP contribution in [0.4, 0.5) is 0 Å². The van der Waals surface area contributed by atoms with Crippen LogP contribution in [0.3, 0.4) is 0 Å². The molecule has 0 spiro atoms. The molecule has 2 rings (SSSR count). The van der Waals surface area contributed by atoms with E-state index in [1.54, 1.807) is 11.3 Å². The quantitative estimate of drug-likeness (QED) is 0.787. The molecule has 94 valence electrons. The van der Waals surface area contributed by atoms with Crippen molar-refractivity contribution in [1.82, 2.24) is 9.88 Å². The lowest BCUT2D eigenvalue weighted by Crippen LogP contribution is -2.45. The lowest BCUT2D eigenvalue weighted by atomic mass is 10.3. The van der Waals surface area contributed by atoms with E-state index in [-0.39, 0.29) is 12.0 Å². The molecule has 6 heteroatoms. The molecule has 0 aliphatic carbocycles. The second-order valence-corrected chi connectivity index (χ2v) is 6.15. The first kappa shape index (κ1) is 12.9. The summed E-state index contributed by atoms with van der Waals surface area (Å²) in [5.41, 5.74) is 1.02. The van der Waals surface area contributed by atoms with Crippen LogP contribution < -0.4 is 0 Å². The minimum atomic E-state index is 0.153. The fourth-order valence-corrected chi connectivity index (χ4v) is 3.41. The number of hydrogen-bond donors (Lipinski definition) is 0.